The number of aryl methyl sites for hydroxylation is 1. The zero-order chi connectivity index (χ0) is 12.5. The third kappa shape index (κ3) is 2.08. The lowest BCUT2D eigenvalue weighted by atomic mass is 10.1. The quantitative estimate of drug-likeness (QED) is 0.924. The van der Waals surface area contributed by atoms with Gasteiger partial charge in [0, 0.05) is 10.8 Å². The summed E-state index contributed by atoms with van der Waals surface area (Å²) in [6.45, 7) is 2.77. The molecule has 1 aliphatic carbocycles. The van der Waals surface area contributed by atoms with Crippen LogP contribution in [0.4, 0.5) is 0 Å². The molecule has 0 amide bonds. The van der Waals surface area contributed by atoms with E-state index >= 15 is 0 Å². The van der Waals surface area contributed by atoms with Gasteiger partial charge in [-0.2, -0.15) is 0 Å². The Labute approximate surface area is 110 Å². The lowest BCUT2D eigenvalue weighted by Gasteiger charge is -2.19. The van der Waals surface area contributed by atoms with E-state index in [1.807, 2.05) is 0 Å². The number of rotatable bonds is 3. The van der Waals surface area contributed by atoms with Crippen molar-refractivity contribution in [3.05, 3.63) is 17.3 Å². The first-order valence-electron chi connectivity index (χ1n) is 6.36. The molecule has 1 fully saturated rings. The van der Waals surface area contributed by atoms with Gasteiger partial charge in [0.15, 0.2) is 0 Å². The number of nitrogens with zero attached hydrogens (tertiary/aromatic N) is 2. The molecule has 96 valence electrons. The monoisotopic (exact) mass is 263 g/mol. The Morgan fingerprint density at radius 3 is 3.17 bits per heavy atom. The van der Waals surface area contributed by atoms with E-state index in [0.29, 0.717) is 12.5 Å². The van der Waals surface area contributed by atoms with Gasteiger partial charge in [-0.1, -0.05) is 0 Å². The summed E-state index contributed by atoms with van der Waals surface area (Å²) in [7, 11) is 0. The van der Waals surface area contributed by atoms with Crippen LogP contribution in [0.25, 0.3) is 10.2 Å². The number of thiophene rings is 1. The van der Waals surface area contributed by atoms with Gasteiger partial charge in [0.1, 0.15) is 17.3 Å². The maximum atomic E-state index is 6.08. The van der Waals surface area contributed by atoms with Gasteiger partial charge >= 0.3 is 0 Å². The number of nitrogens with two attached hydrogens (primary N) is 1. The summed E-state index contributed by atoms with van der Waals surface area (Å²) in [6.07, 6.45) is 5.24. The first-order valence-corrected chi connectivity index (χ1v) is 7.17. The van der Waals surface area contributed by atoms with Crippen LogP contribution in [0.2, 0.25) is 0 Å². The molecule has 2 heterocycles. The average Bonchev–Trinajstić information content (AvgIpc) is 2.94. The molecule has 2 atom stereocenters. The minimum atomic E-state index is 0.216. The molecule has 0 aromatic carbocycles. The van der Waals surface area contributed by atoms with Crippen LogP contribution in [0.5, 0.6) is 5.88 Å². The highest BCUT2D eigenvalue weighted by Gasteiger charge is 2.28. The maximum Gasteiger partial charge on any atom is 0.225 e. The van der Waals surface area contributed by atoms with Crippen molar-refractivity contribution in [3.8, 4) is 5.88 Å². The smallest absolute Gasteiger partial charge is 0.225 e. The summed E-state index contributed by atoms with van der Waals surface area (Å²) < 4.78 is 6.08. The molecule has 2 aromatic heterocycles. The SMILES string of the molecule is Cc1cc2c(OC3CCCC3CN)ncnc2s1. The molecular formula is C13H17N3OS. The molecule has 3 rings (SSSR count). The number of hydrogen-bond acceptors (Lipinski definition) is 5. The summed E-state index contributed by atoms with van der Waals surface area (Å²) >= 11 is 1.67. The van der Waals surface area contributed by atoms with Crippen molar-refractivity contribution in [2.45, 2.75) is 32.3 Å². The molecule has 18 heavy (non-hydrogen) atoms. The zero-order valence-corrected chi connectivity index (χ0v) is 11.2. The van der Waals surface area contributed by atoms with Crippen molar-refractivity contribution in [2.24, 2.45) is 11.7 Å². The summed E-state index contributed by atoms with van der Waals surface area (Å²) in [5.41, 5.74) is 5.78. The van der Waals surface area contributed by atoms with Gasteiger partial charge in [0.05, 0.1) is 5.39 Å². The summed E-state index contributed by atoms with van der Waals surface area (Å²) in [5.74, 6) is 1.18. The fourth-order valence-electron chi connectivity index (χ4n) is 2.62. The van der Waals surface area contributed by atoms with Crippen molar-refractivity contribution in [2.75, 3.05) is 6.54 Å². The van der Waals surface area contributed by atoms with Crippen molar-refractivity contribution in [1.29, 1.82) is 0 Å². The summed E-state index contributed by atoms with van der Waals surface area (Å²) in [5, 5.41) is 1.03. The molecule has 0 spiro atoms. The predicted molar refractivity (Wildman–Crippen MR) is 73.0 cm³/mol. The molecule has 0 bridgehead atoms. The fraction of sp³-hybridized carbons (Fsp3) is 0.538. The second-order valence-corrected chi connectivity index (χ2v) is 6.07. The second-order valence-electron chi connectivity index (χ2n) is 4.84. The predicted octanol–water partition coefficient (Wildman–Crippen LogP) is 2.51. The van der Waals surface area contributed by atoms with Gasteiger partial charge in [-0.3, -0.25) is 0 Å². The van der Waals surface area contributed by atoms with Gasteiger partial charge < -0.3 is 10.5 Å². The first-order chi connectivity index (χ1) is 8.78. The second kappa shape index (κ2) is 4.82. The van der Waals surface area contributed by atoms with Crippen LogP contribution in [-0.2, 0) is 0 Å². The standard InChI is InChI=1S/C13H17N3OS/c1-8-5-10-12(15-7-16-13(10)18-8)17-11-4-2-3-9(11)6-14/h5,7,9,11H,2-4,6,14H2,1H3. The van der Waals surface area contributed by atoms with Crippen LogP contribution in [0.3, 0.4) is 0 Å². The highest BCUT2D eigenvalue weighted by Crippen LogP contribution is 2.33. The van der Waals surface area contributed by atoms with E-state index in [9.17, 15) is 0 Å². The summed E-state index contributed by atoms with van der Waals surface area (Å²) in [6, 6.07) is 2.10. The van der Waals surface area contributed by atoms with E-state index in [4.69, 9.17) is 10.5 Å². The van der Waals surface area contributed by atoms with Crippen LogP contribution in [-0.4, -0.2) is 22.6 Å². The minimum Gasteiger partial charge on any atom is -0.473 e. The molecule has 0 saturated heterocycles. The van der Waals surface area contributed by atoms with Crippen LogP contribution in [0.1, 0.15) is 24.1 Å². The van der Waals surface area contributed by atoms with Gasteiger partial charge in [-0.15, -0.1) is 11.3 Å². The van der Waals surface area contributed by atoms with Crippen LogP contribution < -0.4 is 10.5 Å². The lowest BCUT2D eigenvalue weighted by molar-refractivity contribution is 0.158. The van der Waals surface area contributed by atoms with Crippen LogP contribution in [0.15, 0.2) is 12.4 Å². The number of ether oxygens (including phenoxy) is 1. The molecule has 2 unspecified atom stereocenters. The Balaban J connectivity index is 1.90. The van der Waals surface area contributed by atoms with Crippen molar-refractivity contribution < 1.29 is 4.74 Å². The largest absolute Gasteiger partial charge is 0.473 e. The number of aromatic nitrogens is 2. The maximum absolute atomic E-state index is 6.08. The first kappa shape index (κ1) is 11.9. The van der Waals surface area contributed by atoms with E-state index < -0.39 is 0 Å². The van der Waals surface area contributed by atoms with E-state index in [0.717, 1.165) is 28.9 Å². The van der Waals surface area contributed by atoms with Crippen molar-refractivity contribution >= 4 is 21.6 Å². The molecular weight excluding hydrogens is 246 g/mol. The van der Waals surface area contributed by atoms with Gasteiger partial charge in [0.2, 0.25) is 5.88 Å². The molecule has 1 saturated carbocycles. The van der Waals surface area contributed by atoms with Gasteiger partial charge in [0.25, 0.3) is 0 Å². The summed E-state index contributed by atoms with van der Waals surface area (Å²) in [4.78, 5) is 10.8. The fourth-order valence-corrected chi connectivity index (χ4v) is 3.46. The molecule has 1 aliphatic rings. The van der Waals surface area contributed by atoms with Gasteiger partial charge in [-0.05, 0) is 38.8 Å². The Morgan fingerprint density at radius 1 is 1.44 bits per heavy atom. The molecule has 0 aliphatic heterocycles. The van der Waals surface area contributed by atoms with Crippen molar-refractivity contribution in [3.63, 3.8) is 0 Å². The van der Waals surface area contributed by atoms with E-state index in [-0.39, 0.29) is 6.10 Å². The van der Waals surface area contributed by atoms with Crippen molar-refractivity contribution in [1.82, 2.24) is 9.97 Å². The van der Waals surface area contributed by atoms with E-state index in [2.05, 4.69) is 23.0 Å². The van der Waals surface area contributed by atoms with Crippen LogP contribution in [0, 0.1) is 12.8 Å². The van der Waals surface area contributed by atoms with E-state index in [1.54, 1.807) is 17.7 Å². The molecule has 5 heteroatoms. The third-order valence-electron chi connectivity index (χ3n) is 3.57. The minimum absolute atomic E-state index is 0.216. The Morgan fingerprint density at radius 2 is 2.33 bits per heavy atom. The normalized spacial score (nSPS) is 23.7. The lowest BCUT2D eigenvalue weighted by Crippen LogP contribution is -2.28. The van der Waals surface area contributed by atoms with Crippen LogP contribution >= 0.6 is 11.3 Å². The highest BCUT2D eigenvalue weighted by molar-refractivity contribution is 7.18. The van der Waals surface area contributed by atoms with E-state index in [1.165, 1.54) is 11.3 Å². The number of fused-ring (bicyclic) bond motifs is 1. The average molecular weight is 263 g/mol. The highest BCUT2D eigenvalue weighted by atomic mass is 32.1. The molecule has 4 nitrogen and oxygen atoms in total. The zero-order valence-electron chi connectivity index (χ0n) is 10.4. The molecule has 2 aromatic rings. The number of hydrogen-bond donors (Lipinski definition) is 1. The third-order valence-corrected chi connectivity index (χ3v) is 4.53. The molecule has 2 N–H and O–H groups in total. The molecule has 0 radical (unpaired) electrons. The Kier molecular flexibility index (Phi) is 3.18. The Bertz CT molecular complexity index is 554. The topological polar surface area (TPSA) is 61.0 Å². The Hall–Kier alpha value is -1.20. The van der Waals surface area contributed by atoms with Gasteiger partial charge in [-0.25, -0.2) is 9.97 Å².